The van der Waals surface area contributed by atoms with Gasteiger partial charge in [-0.1, -0.05) is 55.1 Å². The molecule has 0 saturated carbocycles. The summed E-state index contributed by atoms with van der Waals surface area (Å²) in [5, 5.41) is 4.07. The monoisotopic (exact) mass is 413 g/mol. The number of hydrogen-bond acceptors (Lipinski definition) is 5. The third-order valence-corrected chi connectivity index (χ3v) is 6.39. The number of carbonyl (C=O) groups excluding carboxylic acids is 1. The molecule has 3 rings (SSSR count). The Labute approximate surface area is 172 Å². The van der Waals surface area contributed by atoms with Gasteiger partial charge in [-0.25, -0.2) is 4.98 Å². The van der Waals surface area contributed by atoms with E-state index in [-0.39, 0.29) is 23.3 Å². The van der Waals surface area contributed by atoms with Gasteiger partial charge in [0.25, 0.3) is 5.56 Å². The van der Waals surface area contributed by atoms with Crippen LogP contribution in [0.5, 0.6) is 0 Å². The number of carbonyl (C=O) groups is 1. The van der Waals surface area contributed by atoms with E-state index in [0.717, 1.165) is 16.9 Å². The normalized spacial score (nSPS) is 12.1. The molecule has 0 aliphatic heterocycles. The van der Waals surface area contributed by atoms with Crippen molar-refractivity contribution >= 4 is 39.2 Å². The molecule has 3 aromatic rings. The zero-order valence-corrected chi connectivity index (χ0v) is 17.6. The van der Waals surface area contributed by atoms with Gasteiger partial charge in [0.2, 0.25) is 5.91 Å². The molecule has 2 aromatic heterocycles. The molecule has 28 heavy (non-hydrogen) atoms. The van der Waals surface area contributed by atoms with Crippen LogP contribution in [-0.4, -0.2) is 27.3 Å². The number of thioether (sulfide) groups is 1. The molecule has 7 heteroatoms. The van der Waals surface area contributed by atoms with Gasteiger partial charge in [-0.2, -0.15) is 0 Å². The Hall–Kier alpha value is -2.38. The molecule has 5 nitrogen and oxygen atoms in total. The summed E-state index contributed by atoms with van der Waals surface area (Å²) in [5.41, 5.74) is 0.954. The predicted molar refractivity (Wildman–Crippen MR) is 118 cm³/mol. The van der Waals surface area contributed by atoms with Crippen LogP contribution in [0.3, 0.4) is 0 Å². The number of aromatic nitrogens is 2. The van der Waals surface area contributed by atoms with Gasteiger partial charge in [0.15, 0.2) is 5.16 Å². The van der Waals surface area contributed by atoms with Crippen LogP contribution in [0.1, 0.15) is 20.3 Å². The standard InChI is InChI=1S/C21H23N3O2S2/c1-4-11-24-20(26)16-12-17(15-9-7-6-8-10-15)28-19(16)23-21(24)27-13-18(25)22-14(3)5-2/h4,6-10,12,14H,1,5,11,13H2,2-3H3,(H,22,25)/t14-/m0/s1. The molecule has 146 valence electrons. The van der Waals surface area contributed by atoms with Crippen molar-refractivity contribution in [3.05, 3.63) is 59.4 Å². The minimum atomic E-state index is -0.104. The smallest absolute Gasteiger partial charge is 0.263 e. The Bertz CT molecular complexity index is 1040. The lowest BCUT2D eigenvalue weighted by atomic mass is 10.2. The molecule has 0 fully saturated rings. The van der Waals surface area contributed by atoms with Crippen molar-refractivity contribution in [1.29, 1.82) is 0 Å². The second kappa shape index (κ2) is 9.21. The summed E-state index contributed by atoms with van der Waals surface area (Å²) in [6.07, 6.45) is 2.54. The second-order valence-corrected chi connectivity index (χ2v) is 8.43. The first-order valence-corrected chi connectivity index (χ1v) is 11.0. The van der Waals surface area contributed by atoms with Crippen molar-refractivity contribution in [3.8, 4) is 10.4 Å². The van der Waals surface area contributed by atoms with Crippen LogP contribution >= 0.6 is 23.1 Å². The summed E-state index contributed by atoms with van der Waals surface area (Å²) in [4.78, 5) is 31.5. The van der Waals surface area contributed by atoms with E-state index in [2.05, 4.69) is 16.9 Å². The van der Waals surface area contributed by atoms with Gasteiger partial charge < -0.3 is 5.32 Å². The Morgan fingerprint density at radius 2 is 2.14 bits per heavy atom. The third kappa shape index (κ3) is 4.54. The maximum absolute atomic E-state index is 13.0. The van der Waals surface area contributed by atoms with Crippen LogP contribution in [0.25, 0.3) is 20.7 Å². The quantitative estimate of drug-likeness (QED) is 0.339. The van der Waals surface area contributed by atoms with Crippen LogP contribution < -0.4 is 10.9 Å². The SMILES string of the molecule is C=CCn1c(SCC(=O)N[C@@H](C)CC)nc2sc(-c3ccccc3)cc2c1=O. The summed E-state index contributed by atoms with van der Waals surface area (Å²) < 4.78 is 1.58. The highest BCUT2D eigenvalue weighted by Gasteiger charge is 2.16. The maximum atomic E-state index is 13.0. The molecule has 0 unspecified atom stereocenters. The van der Waals surface area contributed by atoms with Crippen LogP contribution in [0.15, 0.2) is 59.0 Å². The van der Waals surface area contributed by atoms with Gasteiger partial charge >= 0.3 is 0 Å². The number of benzene rings is 1. The van der Waals surface area contributed by atoms with Crippen LogP contribution in [0.4, 0.5) is 0 Å². The van der Waals surface area contributed by atoms with Gasteiger partial charge in [-0.05, 0) is 25.0 Å². The average molecular weight is 414 g/mol. The average Bonchev–Trinajstić information content (AvgIpc) is 3.14. The van der Waals surface area contributed by atoms with Crippen LogP contribution in [0, 0.1) is 0 Å². The predicted octanol–water partition coefficient (Wildman–Crippen LogP) is 4.32. The molecule has 1 N–H and O–H groups in total. The molecule has 0 aliphatic carbocycles. The van der Waals surface area contributed by atoms with Crippen molar-refractivity contribution in [2.75, 3.05) is 5.75 Å². The summed E-state index contributed by atoms with van der Waals surface area (Å²) in [6.45, 7) is 8.09. The van der Waals surface area contributed by atoms with E-state index < -0.39 is 0 Å². The summed E-state index contributed by atoms with van der Waals surface area (Å²) >= 11 is 2.77. The van der Waals surface area contributed by atoms with Gasteiger partial charge in [0.1, 0.15) is 4.83 Å². The zero-order valence-electron chi connectivity index (χ0n) is 16.0. The summed E-state index contributed by atoms with van der Waals surface area (Å²) in [6, 6.07) is 12.0. The minimum Gasteiger partial charge on any atom is -0.353 e. The third-order valence-electron chi connectivity index (χ3n) is 4.34. The molecule has 2 heterocycles. The first kappa shape index (κ1) is 20.4. The van der Waals surface area contributed by atoms with Gasteiger partial charge in [-0.15, -0.1) is 17.9 Å². The summed E-state index contributed by atoms with van der Waals surface area (Å²) in [7, 11) is 0. The van der Waals surface area contributed by atoms with Crippen molar-refractivity contribution < 1.29 is 4.79 Å². The number of hydrogen-bond donors (Lipinski definition) is 1. The minimum absolute atomic E-state index is 0.0602. The highest BCUT2D eigenvalue weighted by Crippen LogP contribution is 2.32. The second-order valence-electron chi connectivity index (χ2n) is 6.46. The number of nitrogens with one attached hydrogen (secondary N) is 1. The fourth-order valence-electron chi connectivity index (χ4n) is 2.69. The van der Waals surface area contributed by atoms with Crippen molar-refractivity contribution in [2.45, 2.75) is 38.0 Å². The number of rotatable bonds is 8. The fraction of sp³-hybridized carbons (Fsp3) is 0.286. The Morgan fingerprint density at radius 1 is 1.39 bits per heavy atom. The summed E-state index contributed by atoms with van der Waals surface area (Å²) in [5.74, 6) is 0.158. The van der Waals surface area contributed by atoms with E-state index in [9.17, 15) is 9.59 Å². The van der Waals surface area contributed by atoms with Crippen molar-refractivity contribution in [2.24, 2.45) is 0 Å². The Morgan fingerprint density at radius 3 is 2.82 bits per heavy atom. The first-order valence-electron chi connectivity index (χ1n) is 9.16. The highest BCUT2D eigenvalue weighted by atomic mass is 32.2. The topological polar surface area (TPSA) is 64.0 Å². The van der Waals surface area contributed by atoms with Gasteiger partial charge in [0.05, 0.1) is 11.1 Å². The largest absolute Gasteiger partial charge is 0.353 e. The lowest BCUT2D eigenvalue weighted by Crippen LogP contribution is -2.33. The molecule has 0 radical (unpaired) electrons. The molecule has 0 bridgehead atoms. The Kier molecular flexibility index (Phi) is 6.70. The lowest BCUT2D eigenvalue weighted by molar-refractivity contribution is -0.119. The fourth-order valence-corrected chi connectivity index (χ4v) is 4.59. The molecular weight excluding hydrogens is 390 g/mol. The number of fused-ring (bicyclic) bond motifs is 1. The van der Waals surface area contributed by atoms with E-state index in [4.69, 9.17) is 0 Å². The van der Waals surface area contributed by atoms with Crippen LogP contribution in [0.2, 0.25) is 0 Å². The lowest BCUT2D eigenvalue weighted by Gasteiger charge is -2.12. The molecule has 0 spiro atoms. The number of amides is 1. The van der Waals surface area contributed by atoms with E-state index in [1.165, 1.54) is 23.1 Å². The van der Waals surface area contributed by atoms with Crippen LogP contribution in [-0.2, 0) is 11.3 Å². The molecule has 1 atom stereocenters. The maximum Gasteiger partial charge on any atom is 0.263 e. The van der Waals surface area contributed by atoms with E-state index in [1.807, 2.05) is 50.2 Å². The molecule has 0 aliphatic rings. The van der Waals surface area contributed by atoms with E-state index in [1.54, 1.807) is 10.6 Å². The first-order chi connectivity index (χ1) is 13.5. The van der Waals surface area contributed by atoms with Crippen molar-refractivity contribution in [1.82, 2.24) is 14.9 Å². The molecular formula is C21H23N3O2S2. The van der Waals surface area contributed by atoms with E-state index >= 15 is 0 Å². The molecule has 0 saturated heterocycles. The number of thiophene rings is 1. The number of nitrogens with zero attached hydrogens (tertiary/aromatic N) is 2. The van der Waals surface area contributed by atoms with Gasteiger partial charge in [-0.3, -0.25) is 14.2 Å². The zero-order chi connectivity index (χ0) is 20.1. The highest BCUT2D eigenvalue weighted by molar-refractivity contribution is 7.99. The Balaban J connectivity index is 1.95. The molecule has 1 amide bonds. The molecule has 1 aromatic carbocycles. The van der Waals surface area contributed by atoms with E-state index in [0.29, 0.717) is 21.9 Å². The number of allylic oxidation sites excluding steroid dienone is 1. The van der Waals surface area contributed by atoms with Crippen molar-refractivity contribution in [3.63, 3.8) is 0 Å². The van der Waals surface area contributed by atoms with Gasteiger partial charge in [0, 0.05) is 17.5 Å².